The van der Waals surface area contributed by atoms with Crippen molar-refractivity contribution < 1.29 is 89.4 Å². The van der Waals surface area contributed by atoms with Crippen LogP contribution in [0.2, 0.25) is 0 Å². The summed E-state index contributed by atoms with van der Waals surface area (Å²) in [6.45, 7) is 1.59. The molecule has 1 amide bonds. The second-order valence-electron chi connectivity index (χ2n) is 25.3. The molecule has 528 valence electrons. The summed E-state index contributed by atoms with van der Waals surface area (Å²) in [5, 5.41) is 120. The fourth-order valence-electron chi connectivity index (χ4n) is 11.8. The van der Waals surface area contributed by atoms with Gasteiger partial charge in [0.1, 0.15) is 73.2 Å². The predicted molar refractivity (Wildman–Crippen MR) is 355 cm³/mol. The topological polar surface area (TPSA) is 307 Å². The van der Waals surface area contributed by atoms with Gasteiger partial charge in [-0.05, 0) is 57.8 Å². The zero-order valence-corrected chi connectivity index (χ0v) is 55.8. The average molecular weight is 1290 g/mol. The van der Waals surface area contributed by atoms with Gasteiger partial charge in [-0.3, -0.25) is 4.79 Å². The lowest BCUT2D eigenvalue weighted by Crippen LogP contribution is -2.66. The minimum absolute atomic E-state index is 0.162. The van der Waals surface area contributed by atoms with Gasteiger partial charge in [0.05, 0.1) is 38.6 Å². The number of hydrogen-bond acceptors (Lipinski definition) is 18. The van der Waals surface area contributed by atoms with E-state index in [1.165, 1.54) is 154 Å². The molecule has 91 heavy (non-hydrogen) atoms. The lowest BCUT2D eigenvalue weighted by Gasteiger charge is -2.48. The molecule has 19 heteroatoms. The molecule has 3 rings (SSSR count). The molecule has 17 unspecified atom stereocenters. The van der Waals surface area contributed by atoms with Crippen LogP contribution < -0.4 is 5.32 Å². The van der Waals surface area contributed by atoms with Crippen molar-refractivity contribution in [1.29, 1.82) is 0 Å². The lowest BCUT2D eigenvalue weighted by molar-refractivity contribution is -0.379. The van der Waals surface area contributed by atoms with Crippen LogP contribution in [0.1, 0.15) is 245 Å². The van der Waals surface area contributed by atoms with Crippen molar-refractivity contribution in [2.45, 2.75) is 349 Å². The van der Waals surface area contributed by atoms with Crippen molar-refractivity contribution in [3.05, 3.63) is 72.9 Å². The monoisotopic (exact) mass is 1290 g/mol. The summed E-state index contributed by atoms with van der Waals surface area (Å²) in [5.41, 5.74) is 0. The van der Waals surface area contributed by atoms with Gasteiger partial charge >= 0.3 is 0 Å². The van der Waals surface area contributed by atoms with E-state index in [1.807, 2.05) is 12.2 Å². The maximum absolute atomic E-state index is 13.4. The molecule has 0 aromatic carbocycles. The summed E-state index contributed by atoms with van der Waals surface area (Å²) >= 11 is 0. The molecule has 0 spiro atoms. The van der Waals surface area contributed by atoms with E-state index in [2.05, 4.69) is 73.8 Å². The van der Waals surface area contributed by atoms with Crippen LogP contribution >= 0.6 is 0 Å². The molecule has 3 fully saturated rings. The number of aliphatic hydroxyl groups excluding tert-OH is 11. The van der Waals surface area contributed by atoms with Crippen molar-refractivity contribution in [2.24, 2.45) is 0 Å². The molecular formula is C72H127NO18. The number of allylic oxidation sites excluding steroid dienone is 11. The second-order valence-corrected chi connectivity index (χ2v) is 25.3. The van der Waals surface area contributed by atoms with Crippen LogP contribution in [-0.2, 0) is 33.2 Å². The van der Waals surface area contributed by atoms with E-state index in [9.17, 15) is 61.0 Å². The average Bonchev–Trinajstić information content (AvgIpc) is 0.885. The first kappa shape index (κ1) is 82.5. The molecule has 0 aliphatic carbocycles. The summed E-state index contributed by atoms with van der Waals surface area (Å²) in [6, 6.07) is -1.01. The summed E-state index contributed by atoms with van der Waals surface area (Å²) in [6.07, 6.45) is 40.4. The first-order valence-corrected chi connectivity index (χ1v) is 35.7. The minimum Gasteiger partial charge on any atom is -0.394 e. The summed E-state index contributed by atoms with van der Waals surface area (Å²) in [7, 11) is 0. The van der Waals surface area contributed by atoms with Crippen molar-refractivity contribution >= 4 is 5.91 Å². The Morgan fingerprint density at radius 2 is 0.758 bits per heavy atom. The smallest absolute Gasteiger partial charge is 0.220 e. The maximum atomic E-state index is 13.4. The molecular weight excluding hydrogens is 1170 g/mol. The van der Waals surface area contributed by atoms with E-state index in [0.717, 1.165) is 57.8 Å². The standard InChI is InChI=1S/C72H127NO18/c1-3-5-7-9-11-13-15-17-19-21-22-23-24-25-26-27-28-29-30-31-32-34-35-37-39-41-43-45-47-49-56(77)55(73-60(78)50-48-46-44-42-40-38-36-33-20-18-16-14-12-10-8-6-4-2)54-86-70-66(84)63(81)68(58(52-75)88-70)91-72-67(85)64(82)69(59(53-76)89-72)90-71-65(83)62(80)61(79)57(51-74)87-71/h6,8,12,14,18,20,36,38,42,44,47,49,55-59,61-72,74-77,79-85H,3-5,7,9-11,13,15-17,19,21-35,37,39-41,43,45-46,48,50-54H2,1-2H3,(H,73,78)/b8-6-,14-12-,20-18-,38-36-,44-42-,49-47+. The number of carbonyl (C=O) groups excluding carboxylic acids is 1. The summed E-state index contributed by atoms with van der Waals surface area (Å²) < 4.78 is 34.3. The third-order valence-electron chi connectivity index (χ3n) is 17.5. The molecule has 17 atom stereocenters. The van der Waals surface area contributed by atoms with E-state index >= 15 is 0 Å². The minimum atomic E-state index is -1.99. The Balaban J connectivity index is 1.42. The van der Waals surface area contributed by atoms with Crippen molar-refractivity contribution in [2.75, 3.05) is 26.4 Å². The first-order chi connectivity index (χ1) is 44.3. The molecule has 0 saturated carbocycles. The van der Waals surface area contributed by atoms with E-state index < -0.39 is 124 Å². The van der Waals surface area contributed by atoms with E-state index in [4.69, 9.17) is 28.4 Å². The molecule has 0 bridgehead atoms. The maximum Gasteiger partial charge on any atom is 0.220 e. The van der Waals surface area contributed by atoms with Gasteiger partial charge in [0, 0.05) is 6.42 Å². The SMILES string of the molecule is CC/C=C\C/C=C\C/C=C\C/C=C\C/C=C\CCCC(=O)NC(COC1OC(CO)C(OC2OC(CO)C(OC3OC(CO)C(O)C(O)C3O)C(O)C2O)C(O)C1O)C(O)/C=C/CCCCCCCCCCCCCCCCCCCCCCCCCCCCC. The van der Waals surface area contributed by atoms with Crippen molar-refractivity contribution in [1.82, 2.24) is 5.32 Å². The Hall–Kier alpha value is -2.77. The molecule has 0 radical (unpaired) electrons. The van der Waals surface area contributed by atoms with Gasteiger partial charge in [-0.2, -0.15) is 0 Å². The molecule has 19 nitrogen and oxygen atoms in total. The molecule has 0 aromatic heterocycles. The molecule has 12 N–H and O–H groups in total. The Labute approximate surface area is 547 Å². The zero-order chi connectivity index (χ0) is 66.1. The Morgan fingerprint density at radius 1 is 0.407 bits per heavy atom. The number of unbranched alkanes of at least 4 members (excludes halogenated alkanes) is 28. The number of ether oxygens (including phenoxy) is 6. The molecule has 3 aliphatic heterocycles. The van der Waals surface area contributed by atoms with Gasteiger partial charge in [0.15, 0.2) is 18.9 Å². The van der Waals surface area contributed by atoms with Gasteiger partial charge in [-0.15, -0.1) is 0 Å². The van der Waals surface area contributed by atoms with E-state index in [0.29, 0.717) is 12.8 Å². The van der Waals surface area contributed by atoms with Crippen LogP contribution in [0.25, 0.3) is 0 Å². The van der Waals surface area contributed by atoms with Crippen LogP contribution in [0, 0.1) is 0 Å². The quantitative estimate of drug-likeness (QED) is 0.0199. The number of aliphatic hydroxyl groups is 11. The van der Waals surface area contributed by atoms with Gasteiger partial charge in [-0.25, -0.2) is 0 Å². The third kappa shape index (κ3) is 35.2. The number of rotatable bonds is 54. The van der Waals surface area contributed by atoms with Crippen LogP contribution in [-0.4, -0.2) is 193 Å². The van der Waals surface area contributed by atoms with E-state index in [1.54, 1.807) is 6.08 Å². The normalized spacial score (nSPS) is 28.3. The number of hydrogen-bond donors (Lipinski definition) is 12. The molecule has 3 heterocycles. The Kier molecular flexibility index (Phi) is 48.4. The molecule has 0 aromatic rings. The van der Waals surface area contributed by atoms with Gasteiger partial charge in [0.25, 0.3) is 0 Å². The molecule has 3 saturated heterocycles. The lowest BCUT2D eigenvalue weighted by atomic mass is 9.96. The summed E-state index contributed by atoms with van der Waals surface area (Å²) in [4.78, 5) is 13.4. The Bertz CT molecular complexity index is 1930. The highest BCUT2D eigenvalue weighted by Gasteiger charge is 2.53. The third-order valence-corrected chi connectivity index (χ3v) is 17.5. The number of amides is 1. The Morgan fingerprint density at radius 3 is 1.18 bits per heavy atom. The highest BCUT2D eigenvalue weighted by molar-refractivity contribution is 5.76. The number of nitrogens with one attached hydrogen (secondary N) is 1. The van der Waals surface area contributed by atoms with Crippen LogP contribution in [0.15, 0.2) is 72.9 Å². The second kappa shape index (κ2) is 53.4. The first-order valence-electron chi connectivity index (χ1n) is 35.7. The summed E-state index contributed by atoms with van der Waals surface area (Å²) in [5.74, 6) is -0.332. The van der Waals surface area contributed by atoms with Crippen molar-refractivity contribution in [3.8, 4) is 0 Å². The van der Waals surface area contributed by atoms with Crippen molar-refractivity contribution in [3.63, 3.8) is 0 Å². The van der Waals surface area contributed by atoms with Gasteiger partial charge in [-0.1, -0.05) is 254 Å². The van der Waals surface area contributed by atoms with Crippen LogP contribution in [0.3, 0.4) is 0 Å². The highest BCUT2D eigenvalue weighted by atomic mass is 16.8. The van der Waals surface area contributed by atoms with Gasteiger partial charge in [0.2, 0.25) is 5.91 Å². The number of carbonyl (C=O) groups is 1. The molecule has 3 aliphatic rings. The van der Waals surface area contributed by atoms with Crippen LogP contribution in [0.4, 0.5) is 0 Å². The fourth-order valence-corrected chi connectivity index (χ4v) is 11.8. The van der Waals surface area contributed by atoms with Gasteiger partial charge < -0.3 is 89.9 Å². The van der Waals surface area contributed by atoms with E-state index in [-0.39, 0.29) is 18.9 Å². The predicted octanol–water partition coefficient (Wildman–Crippen LogP) is 9.72. The van der Waals surface area contributed by atoms with Crippen LogP contribution in [0.5, 0.6) is 0 Å². The highest BCUT2D eigenvalue weighted by Crippen LogP contribution is 2.33. The fraction of sp³-hybridized carbons (Fsp3) is 0.819. The zero-order valence-electron chi connectivity index (χ0n) is 55.8. The largest absolute Gasteiger partial charge is 0.394 e.